The number of aryl methyl sites for hydroxylation is 1. The third-order valence-corrected chi connectivity index (χ3v) is 4.72. The Hall–Kier alpha value is -2.38. The number of benzene rings is 2. The van der Waals surface area contributed by atoms with Crippen molar-refractivity contribution in [2.75, 3.05) is 39.6 Å². The van der Waals surface area contributed by atoms with E-state index in [1.807, 2.05) is 61.3 Å². The molecule has 0 aliphatic heterocycles. The summed E-state index contributed by atoms with van der Waals surface area (Å²) in [4.78, 5) is 27.9. The minimum absolute atomic E-state index is 0.000750. The fourth-order valence-corrected chi connectivity index (χ4v) is 3.12. The van der Waals surface area contributed by atoms with E-state index < -0.39 is 0 Å². The number of nitrogens with one attached hydrogen (secondary N) is 1. The van der Waals surface area contributed by atoms with Crippen molar-refractivity contribution in [2.45, 2.75) is 13.5 Å². The predicted octanol–water partition coefficient (Wildman–Crippen LogP) is 3.30. The van der Waals surface area contributed by atoms with Gasteiger partial charge in [0.2, 0.25) is 11.8 Å². The van der Waals surface area contributed by atoms with Gasteiger partial charge in [0, 0.05) is 29.3 Å². The Labute approximate surface area is 174 Å². The topological polar surface area (TPSA) is 61.9 Å². The standard InChI is InChI=1S/C21H26BrN3O3/c1-15-5-8-18(9-6-15)23-20(26)13-25(3)21(27)14-24(2)12-16-11-17(22)7-10-19(16)28-4/h5-11H,12-14H2,1-4H3,(H,23,26). The highest BCUT2D eigenvalue weighted by Gasteiger charge is 2.16. The Morgan fingerprint density at radius 3 is 2.39 bits per heavy atom. The number of hydrogen-bond acceptors (Lipinski definition) is 4. The average Bonchev–Trinajstić information content (AvgIpc) is 2.63. The molecule has 0 saturated carbocycles. The second kappa shape index (κ2) is 10.2. The van der Waals surface area contributed by atoms with Crippen LogP contribution in [0.3, 0.4) is 0 Å². The van der Waals surface area contributed by atoms with Crippen LogP contribution in [-0.4, -0.2) is 55.9 Å². The van der Waals surface area contributed by atoms with E-state index in [9.17, 15) is 9.59 Å². The van der Waals surface area contributed by atoms with Gasteiger partial charge in [-0.25, -0.2) is 0 Å². The molecule has 1 N–H and O–H groups in total. The molecule has 0 spiro atoms. The number of carbonyl (C=O) groups is 2. The molecular weight excluding hydrogens is 422 g/mol. The lowest BCUT2D eigenvalue weighted by Crippen LogP contribution is -2.40. The number of ether oxygens (including phenoxy) is 1. The van der Waals surface area contributed by atoms with Gasteiger partial charge in [0.1, 0.15) is 5.75 Å². The van der Waals surface area contributed by atoms with E-state index in [1.54, 1.807) is 14.2 Å². The summed E-state index contributed by atoms with van der Waals surface area (Å²) in [6.45, 7) is 2.74. The summed E-state index contributed by atoms with van der Waals surface area (Å²) >= 11 is 3.45. The molecule has 0 aliphatic rings. The van der Waals surface area contributed by atoms with Gasteiger partial charge in [-0.2, -0.15) is 0 Å². The first kappa shape index (κ1) is 21.9. The number of halogens is 1. The van der Waals surface area contributed by atoms with Gasteiger partial charge in [-0.3, -0.25) is 14.5 Å². The van der Waals surface area contributed by atoms with Crippen molar-refractivity contribution in [1.82, 2.24) is 9.80 Å². The molecule has 0 heterocycles. The number of nitrogens with zero attached hydrogens (tertiary/aromatic N) is 2. The maximum absolute atomic E-state index is 12.5. The molecule has 0 fully saturated rings. The van der Waals surface area contributed by atoms with Gasteiger partial charge in [0.25, 0.3) is 0 Å². The van der Waals surface area contributed by atoms with Gasteiger partial charge >= 0.3 is 0 Å². The van der Waals surface area contributed by atoms with Crippen LogP contribution in [0.25, 0.3) is 0 Å². The number of rotatable bonds is 8. The molecule has 2 aromatic rings. The minimum Gasteiger partial charge on any atom is -0.496 e. The zero-order valence-electron chi connectivity index (χ0n) is 16.7. The highest BCUT2D eigenvalue weighted by atomic mass is 79.9. The molecule has 0 radical (unpaired) electrons. The molecule has 0 bridgehead atoms. The van der Waals surface area contributed by atoms with Crippen molar-refractivity contribution in [1.29, 1.82) is 0 Å². The first-order valence-corrected chi connectivity index (χ1v) is 9.69. The predicted molar refractivity (Wildman–Crippen MR) is 114 cm³/mol. The van der Waals surface area contributed by atoms with E-state index in [4.69, 9.17) is 4.74 Å². The third kappa shape index (κ3) is 6.65. The molecule has 2 rings (SSSR count). The molecule has 150 valence electrons. The van der Waals surface area contributed by atoms with Crippen molar-refractivity contribution in [2.24, 2.45) is 0 Å². The second-order valence-electron chi connectivity index (χ2n) is 6.79. The third-order valence-electron chi connectivity index (χ3n) is 4.23. The van der Waals surface area contributed by atoms with Gasteiger partial charge in [-0.05, 0) is 44.3 Å². The van der Waals surface area contributed by atoms with Gasteiger partial charge in [-0.1, -0.05) is 33.6 Å². The highest BCUT2D eigenvalue weighted by Crippen LogP contribution is 2.24. The Balaban J connectivity index is 1.86. The Morgan fingerprint density at radius 2 is 1.75 bits per heavy atom. The van der Waals surface area contributed by atoms with Crippen molar-refractivity contribution in [3.05, 3.63) is 58.1 Å². The second-order valence-corrected chi connectivity index (χ2v) is 7.71. The van der Waals surface area contributed by atoms with Crippen LogP contribution in [0, 0.1) is 6.92 Å². The van der Waals surface area contributed by atoms with E-state index >= 15 is 0 Å². The molecule has 6 nitrogen and oxygen atoms in total. The van der Waals surface area contributed by atoms with E-state index in [1.165, 1.54) is 4.90 Å². The normalized spacial score (nSPS) is 10.6. The smallest absolute Gasteiger partial charge is 0.243 e. The van der Waals surface area contributed by atoms with E-state index in [-0.39, 0.29) is 24.9 Å². The summed E-state index contributed by atoms with van der Waals surface area (Å²) < 4.78 is 6.33. The molecule has 2 aromatic carbocycles. The molecular formula is C21H26BrN3O3. The summed E-state index contributed by atoms with van der Waals surface area (Å²) in [6.07, 6.45) is 0. The fraction of sp³-hybridized carbons (Fsp3) is 0.333. The average molecular weight is 448 g/mol. The van der Waals surface area contributed by atoms with E-state index in [0.29, 0.717) is 6.54 Å². The summed E-state index contributed by atoms with van der Waals surface area (Å²) in [6, 6.07) is 13.3. The van der Waals surface area contributed by atoms with Gasteiger partial charge in [-0.15, -0.1) is 0 Å². The quantitative estimate of drug-likeness (QED) is 0.674. The van der Waals surface area contributed by atoms with Crippen molar-refractivity contribution >= 4 is 33.4 Å². The van der Waals surface area contributed by atoms with Crippen LogP contribution < -0.4 is 10.1 Å². The van der Waals surface area contributed by atoms with Gasteiger partial charge in [0.15, 0.2) is 0 Å². The molecule has 2 amide bonds. The zero-order valence-corrected chi connectivity index (χ0v) is 18.2. The number of hydrogen-bond donors (Lipinski definition) is 1. The lowest BCUT2D eigenvalue weighted by molar-refractivity contribution is -0.134. The van der Waals surface area contributed by atoms with Crippen LogP contribution in [0.4, 0.5) is 5.69 Å². The van der Waals surface area contributed by atoms with Crippen molar-refractivity contribution in [3.63, 3.8) is 0 Å². The van der Waals surface area contributed by atoms with Crippen LogP contribution in [0.2, 0.25) is 0 Å². The number of likely N-dealkylation sites (N-methyl/N-ethyl adjacent to an activating group) is 2. The largest absolute Gasteiger partial charge is 0.496 e. The van der Waals surface area contributed by atoms with Crippen molar-refractivity contribution in [3.8, 4) is 5.75 Å². The van der Waals surface area contributed by atoms with E-state index in [2.05, 4.69) is 21.2 Å². The lowest BCUT2D eigenvalue weighted by Gasteiger charge is -2.22. The van der Waals surface area contributed by atoms with Crippen LogP contribution >= 0.6 is 15.9 Å². The molecule has 0 unspecified atom stereocenters. The molecule has 0 atom stereocenters. The molecule has 0 aromatic heterocycles. The molecule has 0 saturated heterocycles. The maximum atomic E-state index is 12.5. The van der Waals surface area contributed by atoms with Crippen molar-refractivity contribution < 1.29 is 14.3 Å². The first-order valence-electron chi connectivity index (χ1n) is 8.90. The van der Waals surface area contributed by atoms with E-state index in [0.717, 1.165) is 27.0 Å². The number of methoxy groups -OCH3 is 1. The summed E-state index contributed by atoms with van der Waals surface area (Å²) in [5.74, 6) is 0.417. The number of amides is 2. The Bertz CT molecular complexity index is 824. The van der Waals surface area contributed by atoms with Gasteiger partial charge < -0.3 is 15.0 Å². The summed E-state index contributed by atoms with van der Waals surface area (Å²) in [5, 5.41) is 2.80. The summed E-state index contributed by atoms with van der Waals surface area (Å²) in [7, 11) is 5.11. The van der Waals surface area contributed by atoms with Crippen LogP contribution in [0.5, 0.6) is 5.75 Å². The SMILES string of the molecule is COc1ccc(Br)cc1CN(C)CC(=O)N(C)CC(=O)Nc1ccc(C)cc1. The highest BCUT2D eigenvalue weighted by molar-refractivity contribution is 9.10. The molecule has 7 heteroatoms. The van der Waals surface area contributed by atoms with Crippen LogP contribution in [0.15, 0.2) is 46.9 Å². The lowest BCUT2D eigenvalue weighted by atomic mass is 10.2. The maximum Gasteiger partial charge on any atom is 0.243 e. The number of anilines is 1. The molecule has 28 heavy (non-hydrogen) atoms. The molecule has 0 aliphatic carbocycles. The Morgan fingerprint density at radius 1 is 1.07 bits per heavy atom. The number of carbonyl (C=O) groups excluding carboxylic acids is 2. The monoisotopic (exact) mass is 447 g/mol. The van der Waals surface area contributed by atoms with Crippen LogP contribution in [0.1, 0.15) is 11.1 Å². The summed E-state index contributed by atoms with van der Waals surface area (Å²) in [5.41, 5.74) is 2.82. The Kier molecular flexibility index (Phi) is 8.02. The van der Waals surface area contributed by atoms with Crippen LogP contribution in [-0.2, 0) is 16.1 Å². The fourth-order valence-electron chi connectivity index (χ4n) is 2.71. The minimum atomic E-state index is -0.226. The van der Waals surface area contributed by atoms with Gasteiger partial charge in [0.05, 0.1) is 20.2 Å². The first-order chi connectivity index (χ1) is 13.3. The zero-order chi connectivity index (χ0) is 20.7.